The molecule has 2 rings (SSSR count). The van der Waals surface area contributed by atoms with Gasteiger partial charge in [-0.2, -0.15) is 0 Å². The summed E-state index contributed by atoms with van der Waals surface area (Å²) in [6, 6.07) is 5.54. The molecular weight excluding hydrogens is 343 g/mol. The SMILES string of the molecule is Clc1ccc2nc(CBr)c(CBr)nc2c1. The third kappa shape index (κ3) is 2.32. The van der Waals surface area contributed by atoms with E-state index in [2.05, 4.69) is 41.8 Å². The fourth-order valence-electron chi connectivity index (χ4n) is 1.31. The molecule has 0 unspecified atom stereocenters. The lowest BCUT2D eigenvalue weighted by molar-refractivity contribution is 1.08. The summed E-state index contributed by atoms with van der Waals surface area (Å²) in [4.78, 5) is 9.01. The van der Waals surface area contributed by atoms with E-state index in [4.69, 9.17) is 11.6 Å². The van der Waals surface area contributed by atoms with Crippen LogP contribution in [0, 0.1) is 0 Å². The molecular formula is C10H7Br2ClN2. The Morgan fingerprint density at radius 2 is 1.60 bits per heavy atom. The summed E-state index contributed by atoms with van der Waals surface area (Å²) in [6.07, 6.45) is 0. The molecule has 5 heteroatoms. The molecule has 0 fully saturated rings. The van der Waals surface area contributed by atoms with E-state index in [1.165, 1.54) is 0 Å². The van der Waals surface area contributed by atoms with Gasteiger partial charge in [-0.25, -0.2) is 9.97 Å². The molecule has 1 heterocycles. The molecule has 2 aromatic rings. The van der Waals surface area contributed by atoms with E-state index in [-0.39, 0.29) is 0 Å². The Kier molecular flexibility index (Phi) is 3.59. The van der Waals surface area contributed by atoms with Crippen LogP contribution < -0.4 is 0 Å². The van der Waals surface area contributed by atoms with Gasteiger partial charge < -0.3 is 0 Å². The van der Waals surface area contributed by atoms with Crippen molar-refractivity contribution >= 4 is 54.5 Å². The molecule has 15 heavy (non-hydrogen) atoms. The molecule has 0 radical (unpaired) electrons. The van der Waals surface area contributed by atoms with Crippen LogP contribution in [0.5, 0.6) is 0 Å². The van der Waals surface area contributed by atoms with Gasteiger partial charge in [0.1, 0.15) is 0 Å². The first kappa shape index (κ1) is 11.3. The van der Waals surface area contributed by atoms with Crippen molar-refractivity contribution in [1.82, 2.24) is 9.97 Å². The number of alkyl halides is 2. The first-order valence-corrected chi connectivity index (χ1v) is 6.93. The normalized spacial score (nSPS) is 10.9. The lowest BCUT2D eigenvalue weighted by Gasteiger charge is -2.05. The van der Waals surface area contributed by atoms with Gasteiger partial charge in [0.15, 0.2) is 0 Å². The zero-order valence-corrected chi connectivity index (χ0v) is 11.6. The average Bonchev–Trinajstić information content (AvgIpc) is 2.27. The maximum atomic E-state index is 5.90. The smallest absolute Gasteiger partial charge is 0.0905 e. The highest BCUT2D eigenvalue weighted by Gasteiger charge is 2.06. The lowest BCUT2D eigenvalue weighted by atomic mass is 10.2. The number of rotatable bonds is 2. The topological polar surface area (TPSA) is 25.8 Å². The second kappa shape index (κ2) is 4.76. The summed E-state index contributed by atoms with van der Waals surface area (Å²) in [5.74, 6) is 0. The van der Waals surface area contributed by atoms with Gasteiger partial charge in [-0.05, 0) is 18.2 Å². The Bertz CT molecular complexity index is 502. The number of nitrogens with zero attached hydrogens (tertiary/aromatic N) is 2. The van der Waals surface area contributed by atoms with Crippen LogP contribution in [0.25, 0.3) is 11.0 Å². The van der Waals surface area contributed by atoms with Crippen LogP contribution in [-0.2, 0) is 10.7 Å². The molecule has 1 aromatic heterocycles. The summed E-state index contributed by atoms with van der Waals surface area (Å²) in [7, 11) is 0. The van der Waals surface area contributed by atoms with Gasteiger partial charge in [-0.1, -0.05) is 43.5 Å². The van der Waals surface area contributed by atoms with Gasteiger partial charge in [0.2, 0.25) is 0 Å². The largest absolute Gasteiger partial charge is 0.248 e. The fourth-order valence-corrected chi connectivity index (χ4v) is 2.38. The number of fused-ring (bicyclic) bond motifs is 1. The van der Waals surface area contributed by atoms with Gasteiger partial charge in [0, 0.05) is 15.7 Å². The van der Waals surface area contributed by atoms with Crippen LogP contribution in [0.4, 0.5) is 0 Å². The maximum Gasteiger partial charge on any atom is 0.0905 e. The molecule has 0 bridgehead atoms. The Hall–Kier alpha value is -0.190. The summed E-state index contributed by atoms with van der Waals surface area (Å²) in [6.45, 7) is 0. The number of benzene rings is 1. The van der Waals surface area contributed by atoms with Gasteiger partial charge in [-0.15, -0.1) is 0 Å². The van der Waals surface area contributed by atoms with Crippen LogP contribution >= 0.6 is 43.5 Å². The second-order valence-electron chi connectivity index (χ2n) is 3.02. The van der Waals surface area contributed by atoms with Crippen molar-refractivity contribution in [2.24, 2.45) is 0 Å². The molecule has 0 spiro atoms. The van der Waals surface area contributed by atoms with Crippen molar-refractivity contribution in [3.63, 3.8) is 0 Å². The maximum absolute atomic E-state index is 5.90. The summed E-state index contributed by atoms with van der Waals surface area (Å²) >= 11 is 12.7. The van der Waals surface area contributed by atoms with Crippen LogP contribution in [0.3, 0.4) is 0 Å². The van der Waals surface area contributed by atoms with Crippen LogP contribution in [-0.4, -0.2) is 9.97 Å². The Balaban J connectivity index is 2.69. The van der Waals surface area contributed by atoms with E-state index >= 15 is 0 Å². The molecule has 0 saturated heterocycles. The van der Waals surface area contributed by atoms with E-state index < -0.39 is 0 Å². The van der Waals surface area contributed by atoms with Gasteiger partial charge in [0.25, 0.3) is 0 Å². The minimum Gasteiger partial charge on any atom is -0.248 e. The quantitative estimate of drug-likeness (QED) is 0.763. The van der Waals surface area contributed by atoms with E-state index in [0.29, 0.717) is 15.7 Å². The zero-order chi connectivity index (χ0) is 10.8. The minimum atomic E-state index is 0.684. The van der Waals surface area contributed by atoms with E-state index in [0.717, 1.165) is 22.4 Å². The molecule has 0 atom stereocenters. The summed E-state index contributed by atoms with van der Waals surface area (Å²) in [5.41, 5.74) is 3.61. The Morgan fingerprint density at radius 3 is 2.20 bits per heavy atom. The molecule has 0 saturated carbocycles. The molecule has 0 aliphatic heterocycles. The standard InChI is InChI=1S/C10H7Br2ClN2/c11-4-9-10(5-12)15-8-3-6(13)1-2-7(8)14-9/h1-3H,4-5H2. The average molecular weight is 350 g/mol. The Labute approximate surface area is 109 Å². The molecule has 0 amide bonds. The highest BCUT2D eigenvalue weighted by molar-refractivity contribution is 9.09. The first-order valence-electron chi connectivity index (χ1n) is 4.31. The summed E-state index contributed by atoms with van der Waals surface area (Å²) < 4.78 is 0. The molecule has 0 aliphatic rings. The van der Waals surface area contributed by atoms with Crippen molar-refractivity contribution < 1.29 is 0 Å². The number of hydrogen-bond acceptors (Lipinski definition) is 2. The molecule has 78 valence electrons. The predicted molar refractivity (Wildman–Crippen MR) is 69.8 cm³/mol. The van der Waals surface area contributed by atoms with E-state index in [1.807, 2.05) is 18.2 Å². The third-order valence-electron chi connectivity index (χ3n) is 2.03. The fraction of sp³-hybridized carbons (Fsp3) is 0.200. The highest BCUT2D eigenvalue weighted by atomic mass is 79.9. The van der Waals surface area contributed by atoms with Crippen molar-refractivity contribution in [2.45, 2.75) is 10.7 Å². The predicted octanol–water partition coefficient (Wildman–Crippen LogP) is 4.07. The van der Waals surface area contributed by atoms with Crippen LogP contribution in [0.1, 0.15) is 11.4 Å². The second-order valence-corrected chi connectivity index (χ2v) is 4.58. The highest BCUT2D eigenvalue weighted by Crippen LogP contribution is 2.20. The lowest BCUT2D eigenvalue weighted by Crippen LogP contribution is -1.98. The van der Waals surface area contributed by atoms with E-state index in [1.54, 1.807) is 0 Å². The summed E-state index contributed by atoms with van der Waals surface area (Å²) in [5, 5.41) is 2.09. The van der Waals surface area contributed by atoms with Crippen molar-refractivity contribution in [1.29, 1.82) is 0 Å². The van der Waals surface area contributed by atoms with Crippen molar-refractivity contribution in [2.75, 3.05) is 0 Å². The van der Waals surface area contributed by atoms with Gasteiger partial charge >= 0.3 is 0 Å². The minimum absolute atomic E-state index is 0.684. The number of hydrogen-bond donors (Lipinski definition) is 0. The molecule has 1 aromatic carbocycles. The van der Waals surface area contributed by atoms with Crippen molar-refractivity contribution in [3.8, 4) is 0 Å². The molecule has 2 nitrogen and oxygen atoms in total. The monoisotopic (exact) mass is 348 g/mol. The number of halogens is 3. The molecule has 0 N–H and O–H groups in total. The first-order chi connectivity index (χ1) is 7.24. The van der Waals surface area contributed by atoms with Gasteiger partial charge in [0.05, 0.1) is 22.4 Å². The molecule has 0 aliphatic carbocycles. The van der Waals surface area contributed by atoms with Crippen LogP contribution in [0.2, 0.25) is 5.02 Å². The van der Waals surface area contributed by atoms with Gasteiger partial charge in [-0.3, -0.25) is 0 Å². The Morgan fingerprint density at radius 1 is 1.00 bits per heavy atom. The zero-order valence-electron chi connectivity index (χ0n) is 7.67. The van der Waals surface area contributed by atoms with Crippen LogP contribution in [0.15, 0.2) is 18.2 Å². The van der Waals surface area contributed by atoms with Crippen molar-refractivity contribution in [3.05, 3.63) is 34.6 Å². The van der Waals surface area contributed by atoms with E-state index in [9.17, 15) is 0 Å². The third-order valence-corrected chi connectivity index (χ3v) is 3.33. The number of aromatic nitrogens is 2.